The van der Waals surface area contributed by atoms with E-state index in [-0.39, 0.29) is 0 Å². The van der Waals surface area contributed by atoms with E-state index in [1.807, 2.05) is 18.2 Å². The maximum absolute atomic E-state index is 6.00. The Morgan fingerprint density at radius 3 is 2.94 bits per heavy atom. The average Bonchev–Trinajstić information content (AvgIpc) is 2.92. The van der Waals surface area contributed by atoms with Gasteiger partial charge in [0.15, 0.2) is 0 Å². The van der Waals surface area contributed by atoms with Gasteiger partial charge in [0.25, 0.3) is 0 Å². The molecule has 0 amide bonds. The van der Waals surface area contributed by atoms with Gasteiger partial charge in [-0.25, -0.2) is 9.67 Å². The Kier molecular flexibility index (Phi) is 2.29. The van der Waals surface area contributed by atoms with Gasteiger partial charge in [0, 0.05) is 11.1 Å². The van der Waals surface area contributed by atoms with E-state index in [9.17, 15) is 0 Å². The number of hydrogen-bond acceptors (Lipinski definition) is 3. The zero-order valence-corrected chi connectivity index (χ0v) is 9.35. The zero-order valence-electron chi connectivity index (χ0n) is 8.60. The number of aromatic nitrogens is 3. The topological polar surface area (TPSA) is 42.7 Å². The van der Waals surface area contributed by atoms with Crippen molar-refractivity contribution >= 4 is 17.3 Å². The van der Waals surface area contributed by atoms with Gasteiger partial charge < -0.3 is 5.32 Å². The van der Waals surface area contributed by atoms with Crippen LogP contribution in [0.3, 0.4) is 0 Å². The third-order valence-electron chi connectivity index (χ3n) is 2.56. The molecule has 0 spiro atoms. The first-order valence-electron chi connectivity index (χ1n) is 5.24. The first-order chi connectivity index (χ1) is 7.83. The molecule has 1 aliphatic carbocycles. The molecule has 16 heavy (non-hydrogen) atoms. The summed E-state index contributed by atoms with van der Waals surface area (Å²) in [5.41, 5.74) is 1.99. The van der Waals surface area contributed by atoms with Gasteiger partial charge in [-0.3, -0.25) is 0 Å². The molecule has 2 aromatic rings. The molecule has 0 aliphatic heterocycles. The zero-order chi connectivity index (χ0) is 11.0. The van der Waals surface area contributed by atoms with E-state index < -0.39 is 0 Å². The largest absolute Gasteiger partial charge is 0.381 e. The highest BCUT2D eigenvalue weighted by molar-refractivity contribution is 6.31. The van der Waals surface area contributed by atoms with Crippen LogP contribution in [0.25, 0.3) is 5.69 Å². The van der Waals surface area contributed by atoms with Crippen LogP contribution in [0.15, 0.2) is 30.9 Å². The molecule has 0 bridgehead atoms. The summed E-state index contributed by atoms with van der Waals surface area (Å²) in [4.78, 5) is 3.95. The van der Waals surface area contributed by atoms with Crippen LogP contribution in [0.1, 0.15) is 12.8 Å². The summed E-state index contributed by atoms with van der Waals surface area (Å²) in [5, 5.41) is 8.30. The quantitative estimate of drug-likeness (QED) is 0.887. The molecule has 0 saturated heterocycles. The van der Waals surface area contributed by atoms with Crippen LogP contribution in [0.2, 0.25) is 5.02 Å². The summed E-state index contributed by atoms with van der Waals surface area (Å²) < 4.78 is 1.74. The Hall–Kier alpha value is -1.55. The molecular formula is C11H11ClN4. The van der Waals surface area contributed by atoms with Crippen molar-refractivity contribution in [2.75, 3.05) is 5.32 Å². The molecular weight excluding hydrogens is 224 g/mol. The number of rotatable bonds is 3. The van der Waals surface area contributed by atoms with Crippen molar-refractivity contribution in [2.45, 2.75) is 18.9 Å². The molecule has 4 nitrogen and oxygen atoms in total. The molecule has 0 atom stereocenters. The highest BCUT2D eigenvalue weighted by Gasteiger charge is 2.22. The standard InChI is InChI=1S/C11H11ClN4/c12-8-1-4-11(16-7-13-6-14-16)10(5-8)15-9-2-3-9/h1,4-7,9,15H,2-3H2. The molecule has 1 aromatic carbocycles. The first kappa shape index (κ1) is 9.66. The minimum atomic E-state index is 0.584. The molecule has 1 saturated carbocycles. The van der Waals surface area contributed by atoms with E-state index in [1.54, 1.807) is 11.0 Å². The highest BCUT2D eigenvalue weighted by Crippen LogP contribution is 2.30. The summed E-state index contributed by atoms with van der Waals surface area (Å²) in [6.45, 7) is 0. The predicted molar refractivity (Wildman–Crippen MR) is 63.0 cm³/mol. The molecule has 0 radical (unpaired) electrons. The number of halogens is 1. The van der Waals surface area contributed by atoms with Crippen molar-refractivity contribution < 1.29 is 0 Å². The average molecular weight is 235 g/mol. The van der Waals surface area contributed by atoms with Crippen molar-refractivity contribution in [2.24, 2.45) is 0 Å². The SMILES string of the molecule is Clc1ccc(-n2cncn2)c(NC2CC2)c1. The van der Waals surface area contributed by atoms with E-state index in [2.05, 4.69) is 15.4 Å². The molecule has 1 aliphatic rings. The maximum Gasteiger partial charge on any atom is 0.138 e. The van der Waals surface area contributed by atoms with Gasteiger partial charge in [0.2, 0.25) is 0 Å². The van der Waals surface area contributed by atoms with Gasteiger partial charge in [-0.2, -0.15) is 5.10 Å². The number of nitrogens with zero attached hydrogens (tertiary/aromatic N) is 3. The Morgan fingerprint density at radius 1 is 1.38 bits per heavy atom. The molecule has 1 aromatic heterocycles. The number of benzene rings is 1. The fourth-order valence-corrected chi connectivity index (χ4v) is 1.78. The van der Waals surface area contributed by atoms with Gasteiger partial charge in [-0.15, -0.1) is 0 Å². The highest BCUT2D eigenvalue weighted by atomic mass is 35.5. The van der Waals surface area contributed by atoms with Crippen molar-refractivity contribution in [1.29, 1.82) is 0 Å². The van der Waals surface area contributed by atoms with Crippen molar-refractivity contribution in [3.8, 4) is 5.69 Å². The second-order valence-electron chi connectivity index (χ2n) is 3.92. The minimum absolute atomic E-state index is 0.584. The second kappa shape index (κ2) is 3.79. The molecule has 82 valence electrons. The molecule has 3 rings (SSSR count). The maximum atomic E-state index is 6.00. The predicted octanol–water partition coefficient (Wildman–Crippen LogP) is 2.50. The lowest BCUT2D eigenvalue weighted by Gasteiger charge is -2.11. The van der Waals surface area contributed by atoms with Crippen LogP contribution in [0, 0.1) is 0 Å². The van der Waals surface area contributed by atoms with Crippen LogP contribution in [0.5, 0.6) is 0 Å². The van der Waals surface area contributed by atoms with Crippen LogP contribution in [-0.2, 0) is 0 Å². The fourth-order valence-electron chi connectivity index (χ4n) is 1.60. The lowest BCUT2D eigenvalue weighted by molar-refractivity contribution is 0.877. The van der Waals surface area contributed by atoms with Crippen molar-refractivity contribution in [3.63, 3.8) is 0 Å². The fraction of sp³-hybridized carbons (Fsp3) is 0.273. The van der Waals surface area contributed by atoms with Crippen LogP contribution < -0.4 is 5.32 Å². The Bertz CT molecular complexity index is 491. The minimum Gasteiger partial charge on any atom is -0.381 e. The molecule has 0 unspecified atom stereocenters. The third kappa shape index (κ3) is 1.88. The Balaban J connectivity index is 2.01. The van der Waals surface area contributed by atoms with Crippen molar-refractivity contribution in [3.05, 3.63) is 35.9 Å². The summed E-state index contributed by atoms with van der Waals surface area (Å²) in [5.74, 6) is 0. The van der Waals surface area contributed by atoms with Gasteiger partial charge in [0.1, 0.15) is 12.7 Å². The monoisotopic (exact) mass is 234 g/mol. The molecule has 1 fully saturated rings. The normalized spacial score (nSPS) is 15.1. The van der Waals surface area contributed by atoms with Gasteiger partial charge >= 0.3 is 0 Å². The molecule has 5 heteroatoms. The summed E-state index contributed by atoms with van der Waals surface area (Å²) >= 11 is 6.00. The lowest BCUT2D eigenvalue weighted by Crippen LogP contribution is -2.06. The number of nitrogens with one attached hydrogen (secondary N) is 1. The van der Waals surface area contributed by atoms with Crippen molar-refractivity contribution in [1.82, 2.24) is 14.8 Å². The van der Waals surface area contributed by atoms with Crippen LogP contribution in [-0.4, -0.2) is 20.8 Å². The van der Waals surface area contributed by atoms with Gasteiger partial charge in [0.05, 0.1) is 11.4 Å². The van der Waals surface area contributed by atoms with E-state index in [0.29, 0.717) is 6.04 Å². The van der Waals surface area contributed by atoms with E-state index in [1.165, 1.54) is 19.2 Å². The summed E-state index contributed by atoms with van der Waals surface area (Å²) in [6, 6.07) is 6.32. The molecule has 1 N–H and O–H groups in total. The smallest absolute Gasteiger partial charge is 0.138 e. The Morgan fingerprint density at radius 2 is 2.25 bits per heavy atom. The Labute approximate surface area is 98.3 Å². The van der Waals surface area contributed by atoms with Crippen LogP contribution >= 0.6 is 11.6 Å². The van der Waals surface area contributed by atoms with Gasteiger partial charge in [-0.05, 0) is 31.0 Å². The number of hydrogen-bond donors (Lipinski definition) is 1. The number of anilines is 1. The van der Waals surface area contributed by atoms with Gasteiger partial charge in [-0.1, -0.05) is 11.6 Å². The van der Waals surface area contributed by atoms with E-state index in [0.717, 1.165) is 16.4 Å². The van der Waals surface area contributed by atoms with E-state index in [4.69, 9.17) is 11.6 Å². The third-order valence-corrected chi connectivity index (χ3v) is 2.80. The first-order valence-corrected chi connectivity index (χ1v) is 5.62. The lowest BCUT2D eigenvalue weighted by atomic mass is 10.2. The molecule has 1 heterocycles. The van der Waals surface area contributed by atoms with E-state index >= 15 is 0 Å². The van der Waals surface area contributed by atoms with Crippen LogP contribution in [0.4, 0.5) is 5.69 Å². The summed E-state index contributed by atoms with van der Waals surface area (Å²) in [7, 11) is 0. The second-order valence-corrected chi connectivity index (χ2v) is 4.36. The summed E-state index contributed by atoms with van der Waals surface area (Å²) in [6.07, 6.45) is 5.66.